The maximum Gasteiger partial charge on any atom is 0.309 e. The fourth-order valence-electron chi connectivity index (χ4n) is 1.05. The highest BCUT2D eigenvalue weighted by molar-refractivity contribution is 5.56. The zero-order valence-corrected chi connectivity index (χ0v) is 6.86. The summed E-state index contributed by atoms with van der Waals surface area (Å²) < 4.78 is 1.73. The summed E-state index contributed by atoms with van der Waals surface area (Å²) in [6, 6.07) is 0. The minimum atomic E-state index is -0.471. The van der Waals surface area contributed by atoms with E-state index in [1.807, 2.05) is 6.92 Å². The summed E-state index contributed by atoms with van der Waals surface area (Å²) in [4.78, 5) is 9.88. The normalized spacial score (nSPS) is 10.1. The first kappa shape index (κ1) is 8.58. The van der Waals surface area contributed by atoms with Crippen LogP contribution in [0.2, 0.25) is 0 Å². The van der Waals surface area contributed by atoms with Gasteiger partial charge in [0.1, 0.15) is 5.69 Å². The smallest absolute Gasteiger partial charge is 0.309 e. The van der Waals surface area contributed by atoms with Gasteiger partial charge < -0.3 is 10.3 Å². The van der Waals surface area contributed by atoms with Gasteiger partial charge in [0.25, 0.3) is 0 Å². The van der Waals surface area contributed by atoms with E-state index in [-0.39, 0.29) is 11.4 Å². The summed E-state index contributed by atoms with van der Waals surface area (Å²) in [5.74, 6) is 0. The van der Waals surface area contributed by atoms with Gasteiger partial charge in [0.2, 0.25) is 0 Å². The number of rotatable bonds is 3. The molecule has 0 unspecified atom stereocenters. The predicted octanol–water partition coefficient (Wildman–Crippen LogP) is 1.39. The van der Waals surface area contributed by atoms with Crippen molar-refractivity contribution in [1.82, 2.24) is 4.57 Å². The zero-order valence-electron chi connectivity index (χ0n) is 6.86. The van der Waals surface area contributed by atoms with Crippen molar-refractivity contribution < 1.29 is 4.92 Å². The second kappa shape index (κ2) is 3.25. The lowest BCUT2D eigenvalue weighted by Crippen LogP contribution is -1.91. The van der Waals surface area contributed by atoms with E-state index >= 15 is 0 Å². The van der Waals surface area contributed by atoms with Crippen molar-refractivity contribution in [2.75, 3.05) is 5.73 Å². The van der Waals surface area contributed by atoms with E-state index in [2.05, 4.69) is 0 Å². The number of nitrogen functional groups attached to an aromatic ring is 1. The molecular weight excluding hydrogens is 158 g/mol. The Morgan fingerprint density at radius 1 is 1.67 bits per heavy atom. The Morgan fingerprint density at radius 3 is 2.75 bits per heavy atom. The number of hydrogen-bond donors (Lipinski definition) is 1. The monoisotopic (exact) mass is 169 g/mol. The lowest BCUT2D eigenvalue weighted by Gasteiger charge is -1.94. The summed E-state index contributed by atoms with van der Waals surface area (Å²) in [6.45, 7) is 2.76. The molecule has 0 aliphatic rings. The molecule has 12 heavy (non-hydrogen) atoms. The molecule has 0 saturated carbocycles. The van der Waals surface area contributed by atoms with Crippen molar-refractivity contribution in [1.29, 1.82) is 0 Å². The number of aromatic nitrogens is 1. The van der Waals surface area contributed by atoms with E-state index in [1.165, 1.54) is 6.20 Å². The van der Waals surface area contributed by atoms with E-state index in [9.17, 15) is 10.1 Å². The first-order valence-electron chi connectivity index (χ1n) is 3.74. The number of nitrogens with zero attached hydrogens (tertiary/aromatic N) is 2. The van der Waals surface area contributed by atoms with Gasteiger partial charge in [-0.3, -0.25) is 10.1 Å². The summed E-state index contributed by atoms with van der Waals surface area (Å²) in [5, 5.41) is 10.4. The molecule has 5 heteroatoms. The third kappa shape index (κ3) is 1.55. The van der Waals surface area contributed by atoms with Gasteiger partial charge in [0.05, 0.1) is 11.1 Å². The van der Waals surface area contributed by atoms with Crippen molar-refractivity contribution in [3.63, 3.8) is 0 Å². The van der Waals surface area contributed by atoms with Crippen LogP contribution in [0.3, 0.4) is 0 Å². The van der Waals surface area contributed by atoms with Crippen molar-refractivity contribution in [3.8, 4) is 0 Å². The van der Waals surface area contributed by atoms with Crippen LogP contribution in [-0.4, -0.2) is 9.49 Å². The van der Waals surface area contributed by atoms with E-state index in [0.717, 1.165) is 13.0 Å². The zero-order chi connectivity index (χ0) is 9.14. The lowest BCUT2D eigenvalue weighted by molar-refractivity contribution is -0.383. The summed E-state index contributed by atoms with van der Waals surface area (Å²) in [5.41, 5.74) is 5.63. The van der Waals surface area contributed by atoms with Gasteiger partial charge in [-0.1, -0.05) is 6.92 Å². The quantitative estimate of drug-likeness (QED) is 0.548. The number of hydrogen-bond acceptors (Lipinski definition) is 3. The average Bonchev–Trinajstić information content (AvgIpc) is 2.32. The van der Waals surface area contributed by atoms with E-state index < -0.39 is 4.92 Å². The fraction of sp³-hybridized carbons (Fsp3) is 0.429. The summed E-state index contributed by atoms with van der Waals surface area (Å²) in [7, 11) is 0. The molecule has 66 valence electrons. The Balaban J connectivity index is 2.92. The summed E-state index contributed by atoms with van der Waals surface area (Å²) in [6.07, 6.45) is 3.98. The third-order valence-corrected chi connectivity index (χ3v) is 1.57. The molecular formula is C7H11N3O2. The molecule has 1 aromatic heterocycles. The standard InChI is InChI=1S/C7H11N3O2/c1-2-3-9-4-6(8)7(5-9)10(11)12/h4-5H,2-3,8H2,1H3. The van der Waals surface area contributed by atoms with Gasteiger partial charge in [0.15, 0.2) is 0 Å². The van der Waals surface area contributed by atoms with Crippen LogP contribution in [0.1, 0.15) is 13.3 Å². The van der Waals surface area contributed by atoms with Gasteiger partial charge in [-0.05, 0) is 6.42 Å². The number of aryl methyl sites for hydroxylation is 1. The minimum absolute atomic E-state index is 0.0107. The van der Waals surface area contributed by atoms with Gasteiger partial charge in [0, 0.05) is 12.7 Å². The van der Waals surface area contributed by atoms with Crippen LogP contribution in [0.5, 0.6) is 0 Å². The molecule has 1 aromatic rings. The molecule has 0 atom stereocenters. The maximum absolute atomic E-state index is 10.4. The molecule has 0 fully saturated rings. The molecule has 0 bridgehead atoms. The molecule has 2 N–H and O–H groups in total. The van der Waals surface area contributed by atoms with Crippen LogP contribution in [0.4, 0.5) is 11.4 Å². The highest BCUT2D eigenvalue weighted by Crippen LogP contribution is 2.21. The Hall–Kier alpha value is -1.52. The first-order valence-corrected chi connectivity index (χ1v) is 3.74. The lowest BCUT2D eigenvalue weighted by atomic mass is 10.5. The Kier molecular flexibility index (Phi) is 2.32. The minimum Gasteiger partial charge on any atom is -0.392 e. The van der Waals surface area contributed by atoms with E-state index in [0.29, 0.717) is 0 Å². The predicted molar refractivity (Wildman–Crippen MR) is 45.8 cm³/mol. The van der Waals surface area contributed by atoms with E-state index in [1.54, 1.807) is 10.8 Å². The maximum atomic E-state index is 10.4. The molecule has 0 radical (unpaired) electrons. The van der Waals surface area contributed by atoms with Crippen LogP contribution in [0, 0.1) is 10.1 Å². The molecule has 0 spiro atoms. The highest BCUT2D eigenvalue weighted by atomic mass is 16.6. The second-order valence-corrected chi connectivity index (χ2v) is 2.59. The molecule has 0 amide bonds. The topological polar surface area (TPSA) is 74.1 Å². The van der Waals surface area contributed by atoms with Crippen molar-refractivity contribution in [2.45, 2.75) is 19.9 Å². The Labute approximate surface area is 69.9 Å². The molecule has 1 heterocycles. The molecule has 0 aromatic carbocycles. The van der Waals surface area contributed by atoms with Gasteiger partial charge in [-0.15, -0.1) is 0 Å². The average molecular weight is 169 g/mol. The first-order chi connectivity index (χ1) is 5.65. The largest absolute Gasteiger partial charge is 0.392 e. The summed E-state index contributed by atoms with van der Waals surface area (Å²) >= 11 is 0. The number of anilines is 1. The Bertz CT molecular complexity index is 293. The molecule has 0 saturated heterocycles. The molecule has 5 nitrogen and oxygen atoms in total. The van der Waals surface area contributed by atoms with Crippen LogP contribution in [0.25, 0.3) is 0 Å². The van der Waals surface area contributed by atoms with Crippen molar-refractivity contribution in [3.05, 3.63) is 22.5 Å². The number of nitrogens with two attached hydrogens (primary N) is 1. The van der Waals surface area contributed by atoms with Crippen LogP contribution >= 0.6 is 0 Å². The van der Waals surface area contributed by atoms with Crippen LogP contribution < -0.4 is 5.73 Å². The molecule has 0 aliphatic carbocycles. The Morgan fingerprint density at radius 2 is 2.33 bits per heavy atom. The number of nitro groups is 1. The van der Waals surface area contributed by atoms with Crippen LogP contribution in [-0.2, 0) is 6.54 Å². The van der Waals surface area contributed by atoms with Crippen LogP contribution in [0.15, 0.2) is 12.4 Å². The van der Waals surface area contributed by atoms with Gasteiger partial charge >= 0.3 is 5.69 Å². The van der Waals surface area contributed by atoms with E-state index in [4.69, 9.17) is 5.73 Å². The van der Waals surface area contributed by atoms with Gasteiger partial charge in [-0.25, -0.2) is 0 Å². The third-order valence-electron chi connectivity index (χ3n) is 1.57. The fourth-order valence-corrected chi connectivity index (χ4v) is 1.05. The van der Waals surface area contributed by atoms with Gasteiger partial charge in [-0.2, -0.15) is 0 Å². The second-order valence-electron chi connectivity index (χ2n) is 2.59. The molecule has 0 aliphatic heterocycles. The van der Waals surface area contributed by atoms with Crippen molar-refractivity contribution in [2.24, 2.45) is 0 Å². The SMILES string of the molecule is CCCn1cc(N)c([N+](=O)[O-])c1. The van der Waals surface area contributed by atoms with Crippen molar-refractivity contribution >= 4 is 11.4 Å². The highest BCUT2D eigenvalue weighted by Gasteiger charge is 2.13. The molecule has 1 rings (SSSR count).